The Bertz CT molecular complexity index is 63.9. The third-order valence-corrected chi connectivity index (χ3v) is 1.59. The minimum Gasteiger partial charge on any atom is -0.394 e. The molecule has 0 aliphatic heterocycles. The Labute approximate surface area is 56.5 Å². The van der Waals surface area contributed by atoms with E-state index in [1.54, 1.807) is 0 Å². The zero-order chi connectivity index (χ0) is 7.28. The van der Waals surface area contributed by atoms with Crippen LogP contribution in [0.4, 0.5) is 0 Å². The monoisotopic (exact) mass is 132 g/mol. The summed E-state index contributed by atoms with van der Waals surface area (Å²) in [7, 11) is 0. The van der Waals surface area contributed by atoms with Gasteiger partial charge >= 0.3 is 0 Å². The van der Waals surface area contributed by atoms with Crippen LogP contribution < -0.4 is 0 Å². The van der Waals surface area contributed by atoms with Gasteiger partial charge in [-0.2, -0.15) is 0 Å². The van der Waals surface area contributed by atoms with Crippen molar-refractivity contribution in [3.05, 3.63) is 0 Å². The molecule has 0 radical (unpaired) electrons. The molecule has 0 amide bonds. The summed E-state index contributed by atoms with van der Waals surface area (Å²) >= 11 is 0. The number of hydrogen-bond donors (Lipinski definition) is 2. The molecular formula is C7H16O2. The molecule has 9 heavy (non-hydrogen) atoms. The maximum absolute atomic E-state index is 9.01. The van der Waals surface area contributed by atoms with Crippen molar-refractivity contribution in [2.45, 2.75) is 32.8 Å². The van der Waals surface area contributed by atoms with Crippen molar-refractivity contribution in [2.75, 3.05) is 6.61 Å². The van der Waals surface area contributed by atoms with Crippen LogP contribution >= 0.6 is 0 Å². The van der Waals surface area contributed by atoms with E-state index >= 15 is 0 Å². The Hall–Kier alpha value is -0.0800. The lowest BCUT2D eigenvalue weighted by molar-refractivity contribution is 0.0502. The zero-order valence-electron chi connectivity index (χ0n) is 6.17. The van der Waals surface area contributed by atoms with Gasteiger partial charge in [-0.15, -0.1) is 0 Å². The third-order valence-electron chi connectivity index (χ3n) is 1.59. The molecule has 2 N–H and O–H groups in total. The quantitative estimate of drug-likeness (QED) is 0.593. The van der Waals surface area contributed by atoms with E-state index in [1.807, 2.05) is 6.92 Å². The van der Waals surface area contributed by atoms with Crippen LogP contribution in [0, 0.1) is 5.92 Å². The molecule has 56 valence electrons. The van der Waals surface area contributed by atoms with Crippen molar-refractivity contribution in [2.24, 2.45) is 5.92 Å². The van der Waals surface area contributed by atoms with Gasteiger partial charge in [-0.25, -0.2) is 0 Å². The summed E-state index contributed by atoms with van der Waals surface area (Å²) in [6, 6.07) is 0. The lowest BCUT2D eigenvalue weighted by Crippen LogP contribution is -2.21. The van der Waals surface area contributed by atoms with Crippen LogP contribution in [0.1, 0.15) is 26.7 Å². The molecule has 0 bridgehead atoms. The van der Waals surface area contributed by atoms with Crippen molar-refractivity contribution < 1.29 is 10.2 Å². The van der Waals surface area contributed by atoms with Crippen molar-refractivity contribution >= 4 is 0 Å². The summed E-state index contributed by atoms with van der Waals surface area (Å²) in [5.74, 6) is 0.236. The smallest absolute Gasteiger partial charge is 0.0796 e. The standard InChI is InChI=1S/C7H16O2/c1-3-4-6(2)7(9)5-8/h6-9H,3-5H2,1-2H3. The van der Waals surface area contributed by atoms with E-state index < -0.39 is 6.10 Å². The van der Waals surface area contributed by atoms with Crippen molar-refractivity contribution in [3.63, 3.8) is 0 Å². The normalized spacial score (nSPS) is 17.3. The van der Waals surface area contributed by atoms with E-state index in [4.69, 9.17) is 10.2 Å². The van der Waals surface area contributed by atoms with E-state index in [9.17, 15) is 0 Å². The van der Waals surface area contributed by atoms with Gasteiger partial charge in [0.1, 0.15) is 0 Å². The largest absolute Gasteiger partial charge is 0.394 e. The average Bonchev–Trinajstić information content (AvgIpc) is 1.87. The number of aliphatic hydroxyl groups excluding tert-OH is 2. The fourth-order valence-corrected chi connectivity index (χ4v) is 0.828. The molecule has 2 atom stereocenters. The second kappa shape index (κ2) is 4.77. The van der Waals surface area contributed by atoms with E-state index in [1.165, 1.54) is 0 Å². The van der Waals surface area contributed by atoms with Crippen molar-refractivity contribution in [1.29, 1.82) is 0 Å². The molecule has 0 spiro atoms. The lowest BCUT2D eigenvalue weighted by atomic mass is 10.0. The number of aliphatic hydroxyl groups is 2. The Morgan fingerprint density at radius 1 is 1.44 bits per heavy atom. The molecule has 2 heteroatoms. The van der Waals surface area contributed by atoms with Gasteiger partial charge in [0.05, 0.1) is 12.7 Å². The first kappa shape index (κ1) is 8.92. The highest BCUT2D eigenvalue weighted by Gasteiger charge is 2.10. The second-order valence-electron chi connectivity index (χ2n) is 2.52. The molecule has 0 heterocycles. The molecule has 0 fully saturated rings. The first-order valence-corrected chi connectivity index (χ1v) is 3.51. The van der Waals surface area contributed by atoms with Gasteiger partial charge in [0.2, 0.25) is 0 Å². The number of rotatable bonds is 4. The predicted molar refractivity (Wildman–Crippen MR) is 37.2 cm³/mol. The van der Waals surface area contributed by atoms with Crippen LogP contribution in [0.25, 0.3) is 0 Å². The van der Waals surface area contributed by atoms with Crippen LogP contribution in [-0.4, -0.2) is 22.9 Å². The van der Waals surface area contributed by atoms with E-state index in [0.717, 1.165) is 12.8 Å². The molecule has 2 nitrogen and oxygen atoms in total. The fourth-order valence-electron chi connectivity index (χ4n) is 0.828. The van der Waals surface area contributed by atoms with Crippen LogP contribution in [0.15, 0.2) is 0 Å². The second-order valence-corrected chi connectivity index (χ2v) is 2.52. The summed E-state index contributed by atoms with van der Waals surface area (Å²) in [5.41, 5.74) is 0. The Morgan fingerprint density at radius 3 is 2.33 bits per heavy atom. The van der Waals surface area contributed by atoms with Gasteiger partial charge in [0.15, 0.2) is 0 Å². The molecule has 0 aromatic heterocycles. The first-order valence-electron chi connectivity index (χ1n) is 3.51. The van der Waals surface area contributed by atoms with Gasteiger partial charge in [0, 0.05) is 0 Å². The van der Waals surface area contributed by atoms with Crippen LogP contribution in [0.3, 0.4) is 0 Å². The van der Waals surface area contributed by atoms with Crippen LogP contribution in [-0.2, 0) is 0 Å². The molecule has 0 aromatic rings. The molecule has 0 saturated carbocycles. The maximum atomic E-state index is 9.01. The van der Waals surface area contributed by atoms with E-state index in [2.05, 4.69) is 6.92 Å². The van der Waals surface area contributed by atoms with Gasteiger partial charge in [0.25, 0.3) is 0 Å². The average molecular weight is 132 g/mol. The molecule has 0 aliphatic carbocycles. The summed E-state index contributed by atoms with van der Waals surface area (Å²) in [6.07, 6.45) is 1.53. The SMILES string of the molecule is CCCC(C)C(O)CO. The Morgan fingerprint density at radius 2 is 2.00 bits per heavy atom. The van der Waals surface area contributed by atoms with Crippen molar-refractivity contribution in [3.8, 4) is 0 Å². The van der Waals surface area contributed by atoms with Crippen LogP contribution in [0.5, 0.6) is 0 Å². The Kier molecular flexibility index (Phi) is 4.72. The highest BCUT2D eigenvalue weighted by Crippen LogP contribution is 2.09. The topological polar surface area (TPSA) is 40.5 Å². The van der Waals surface area contributed by atoms with Crippen molar-refractivity contribution in [1.82, 2.24) is 0 Å². The van der Waals surface area contributed by atoms with E-state index in [-0.39, 0.29) is 12.5 Å². The summed E-state index contributed by atoms with van der Waals surface area (Å²) in [4.78, 5) is 0. The molecule has 0 rings (SSSR count). The molecule has 0 aromatic carbocycles. The highest BCUT2D eigenvalue weighted by atomic mass is 16.3. The van der Waals surface area contributed by atoms with Gasteiger partial charge < -0.3 is 10.2 Å². The van der Waals surface area contributed by atoms with Gasteiger partial charge in [-0.3, -0.25) is 0 Å². The minimum atomic E-state index is -0.523. The molecular weight excluding hydrogens is 116 g/mol. The fraction of sp³-hybridized carbons (Fsp3) is 1.00. The van der Waals surface area contributed by atoms with Gasteiger partial charge in [-0.1, -0.05) is 20.3 Å². The van der Waals surface area contributed by atoms with E-state index in [0.29, 0.717) is 0 Å². The highest BCUT2D eigenvalue weighted by molar-refractivity contribution is 4.61. The minimum absolute atomic E-state index is 0.110. The molecule has 2 unspecified atom stereocenters. The first-order chi connectivity index (χ1) is 4.22. The van der Waals surface area contributed by atoms with Gasteiger partial charge in [-0.05, 0) is 12.3 Å². The number of hydrogen-bond acceptors (Lipinski definition) is 2. The summed E-state index contributed by atoms with van der Waals surface area (Å²) in [5, 5.41) is 17.5. The molecule has 0 aliphatic rings. The molecule has 0 saturated heterocycles. The lowest BCUT2D eigenvalue weighted by Gasteiger charge is -2.14. The maximum Gasteiger partial charge on any atom is 0.0796 e. The van der Waals surface area contributed by atoms with Crippen LogP contribution in [0.2, 0.25) is 0 Å². The Balaban J connectivity index is 3.32. The predicted octanol–water partition coefficient (Wildman–Crippen LogP) is 0.776. The third kappa shape index (κ3) is 3.49. The zero-order valence-corrected chi connectivity index (χ0v) is 6.17. The summed E-state index contributed by atoms with van der Waals surface area (Å²) < 4.78 is 0. The summed E-state index contributed by atoms with van der Waals surface area (Å²) in [6.45, 7) is 3.91.